The average molecular weight is 810 g/mol. The van der Waals surface area contributed by atoms with E-state index >= 15 is 0 Å². The summed E-state index contributed by atoms with van der Waals surface area (Å²) in [5, 5.41) is 21.2. The molecule has 2 atom stereocenters. The molecule has 0 spiro atoms. The van der Waals surface area contributed by atoms with Crippen LogP contribution in [0.15, 0.2) is 58.5 Å². The van der Waals surface area contributed by atoms with Crippen LogP contribution >= 0.6 is 45.9 Å². The second-order valence-corrected chi connectivity index (χ2v) is 17.4. The monoisotopic (exact) mass is 808 g/mol. The van der Waals surface area contributed by atoms with Crippen molar-refractivity contribution >= 4 is 68.9 Å². The first-order valence-electron chi connectivity index (χ1n) is 18.2. The summed E-state index contributed by atoms with van der Waals surface area (Å²) in [7, 11) is 0. The third-order valence-electron chi connectivity index (χ3n) is 10.5. The predicted octanol–water partition coefficient (Wildman–Crippen LogP) is 9.70. The summed E-state index contributed by atoms with van der Waals surface area (Å²) in [5.74, 6) is 2.75. The highest BCUT2D eigenvalue weighted by Crippen LogP contribution is 2.41. The van der Waals surface area contributed by atoms with Crippen molar-refractivity contribution in [2.45, 2.75) is 85.7 Å². The zero-order valence-corrected chi connectivity index (χ0v) is 34.4. The maximum absolute atomic E-state index is 13.7. The molecule has 0 saturated heterocycles. The maximum atomic E-state index is 13.7. The summed E-state index contributed by atoms with van der Waals surface area (Å²) in [4.78, 5) is 40.3. The van der Waals surface area contributed by atoms with Crippen molar-refractivity contribution in [3.05, 3.63) is 125 Å². The van der Waals surface area contributed by atoms with Gasteiger partial charge in [0, 0.05) is 67.7 Å². The van der Waals surface area contributed by atoms with Crippen LogP contribution in [0.1, 0.15) is 111 Å². The van der Waals surface area contributed by atoms with Crippen molar-refractivity contribution in [2.75, 3.05) is 0 Å². The summed E-state index contributed by atoms with van der Waals surface area (Å²) in [6.07, 6.45) is 1.15. The number of benzene rings is 2. The number of hydrogen-bond acceptors (Lipinski definition) is 10. The van der Waals surface area contributed by atoms with Crippen LogP contribution in [0.5, 0.6) is 0 Å². The standard InChI is InChI=1S/C41H38Cl2N8O2S2/c1-20-22(3)54-40-34(20)36(26-10-14-28(42)15-11-26)44-32(38-48-46-24(5)50(38)40)18-30(52)8-7-9-31(53)19-33-39-49-47-25(6)51(39)41-35(21(2)23(4)55-41)37(45-33)27-12-16-29(43)17-13-27/h10-17,32-33H,7-9,18-19H2,1-6H3. The van der Waals surface area contributed by atoms with Gasteiger partial charge in [-0.2, -0.15) is 0 Å². The molecule has 280 valence electrons. The minimum atomic E-state index is -0.552. The molecule has 0 fully saturated rings. The van der Waals surface area contributed by atoms with E-state index in [1.807, 2.05) is 71.5 Å². The third-order valence-corrected chi connectivity index (χ3v) is 13.4. The normalized spacial score (nSPS) is 16.0. The van der Waals surface area contributed by atoms with Gasteiger partial charge in [-0.3, -0.25) is 28.7 Å². The largest absolute Gasteiger partial charge is 0.300 e. The maximum Gasteiger partial charge on any atom is 0.163 e. The summed E-state index contributed by atoms with van der Waals surface area (Å²) in [5.41, 5.74) is 7.72. The molecule has 2 unspecified atom stereocenters. The second-order valence-electron chi connectivity index (χ2n) is 14.1. The summed E-state index contributed by atoms with van der Waals surface area (Å²) in [6.45, 7) is 12.2. The Hall–Kier alpha value is -4.62. The molecular formula is C41H38Cl2N8O2S2. The fourth-order valence-corrected chi connectivity index (χ4v) is 10.1. The number of nitrogens with zero attached hydrogens (tertiary/aromatic N) is 8. The Kier molecular flexibility index (Phi) is 10.0. The summed E-state index contributed by atoms with van der Waals surface area (Å²) < 4.78 is 4.09. The molecule has 55 heavy (non-hydrogen) atoms. The zero-order valence-electron chi connectivity index (χ0n) is 31.3. The average Bonchev–Trinajstić information content (AvgIpc) is 3.84. The summed E-state index contributed by atoms with van der Waals surface area (Å²) >= 11 is 15.9. The summed E-state index contributed by atoms with van der Waals surface area (Å²) in [6, 6.07) is 14.2. The van der Waals surface area contributed by atoms with Crippen LogP contribution in [0, 0.1) is 41.5 Å². The molecule has 10 nitrogen and oxygen atoms in total. The van der Waals surface area contributed by atoms with Crippen molar-refractivity contribution in [2.24, 2.45) is 9.98 Å². The number of aliphatic imine (C=N–C) groups is 2. The van der Waals surface area contributed by atoms with Crippen molar-refractivity contribution < 1.29 is 9.59 Å². The first-order chi connectivity index (χ1) is 26.4. The van der Waals surface area contributed by atoms with Gasteiger partial charge in [0.25, 0.3) is 0 Å². The van der Waals surface area contributed by atoms with Crippen molar-refractivity contribution in [1.29, 1.82) is 0 Å². The topological polar surface area (TPSA) is 120 Å². The van der Waals surface area contributed by atoms with E-state index in [4.69, 9.17) is 33.2 Å². The Morgan fingerprint density at radius 2 is 0.982 bits per heavy atom. The van der Waals surface area contributed by atoms with Crippen molar-refractivity contribution in [3.8, 4) is 10.0 Å². The Labute approximate surface area is 337 Å². The fraction of sp³-hybridized carbons (Fsp3) is 0.317. The van der Waals surface area contributed by atoms with Gasteiger partial charge in [0.2, 0.25) is 0 Å². The number of carbonyl (C=O) groups excluding carboxylic acids is 2. The zero-order chi connectivity index (χ0) is 38.7. The van der Waals surface area contributed by atoms with Gasteiger partial charge in [-0.05, 0) is 83.4 Å². The Morgan fingerprint density at radius 3 is 1.36 bits per heavy atom. The number of aromatic nitrogens is 6. The number of aryl methyl sites for hydroxylation is 4. The van der Waals surface area contributed by atoms with Crippen molar-refractivity contribution in [1.82, 2.24) is 29.5 Å². The number of ketones is 2. The van der Waals surface area contributed by atoms with Crippen LogP contribution in [0.2, 0.25) is 10.0 Å². The minimum absolute atomic E-state index is 0.00512. The van der Waals surface area contributed by atoms with Gasteiger partial charge < -0.3 is 0 Å². The second kappa shape index (κ2) is 14.8. The van der Waals surface area contributed by atoms with Gasteiger partial charge in [0.05, 0.1) is 11.4 Å². The number of hydrogen-bond donors (Lipinski definition) is 0. The fourth-order valence-electron chi connectivity index (χ4n) is 7.38. The molecule has 0 N–H and O–H groups in total. The first kappa shape index (κ1) is 37.3. The Bertz CT molecular complexity index is 2380. The third kappa shape index (κ3) is 6.83. The van der Waals surface area contributed by atoms with Gasteiger partial charge in [0.15, 0.2) is 11.6 Å². The van der Waals surface area contributed by atoms with E-state index in [1.165, 1.54) is 9.75 Å². The van der Waals surface area contributed by atoms with Crippen LogP contribution in [0.25, 0.3) is 10.0 Å². The smallest absolute Gasteiger partial charge is 0.163 e. The van der Waals surface area contributed by atoms with E-state index < -0.39 is 12.1 Å². The lowest BCUT2D eigenvalue weighted by Gasteiger charge is -2.13. The highest BCUT2D eigenvalue weighted by molar-refractivity contribution is 7.15. The molecule has 0 amide bonds. The molecule has 14 heteroatoms. The molecule has 2 aliphatic rings. The SMILES string of the molecule is Cc1sc2c(c1C)C(c1ccc(Cl)cc1)=NC(CC(=O)CCCC(=O)CC1N=C(c3ccc(Cl)cc3)c3c(sc(C)c3C)-n3c(C)nnc31)c1nnc(C)n1-2. The molecular weight excluding hydrogens is 772 g/mol. The predicted molar refractivity (Wildman–Crippen MR) is 220 cm³/mol. The van der Waals surface area contributed by atoms with E-state index in [2.05, 4.69) is 48.1 Å². The number of Topliss-reactive ketones (excluding diaryl/α,β-unsaturated/α-hetero) is 2. The van der Waals surface area contributed by atoms with Crippen LogP contribution < -0.4 is 0 Å². The van der Waals surface area contributed by atoms with Gasteiger partial charge in [0.1, 0.15) is 45.3 Å². The van der Waals surface area contributed by atoms with E-state index in [1.54, 1.807) is 22.7 Å². The number of fused-ring (bicyclic) bond motifs is 6. The van der Waals surface area contributed by atoms with E-state index in [9.17, 15) is 9.59 Å². The highest BCUT2D eigenvalue weighted by atomic mass is 35.5. The number of carbonyl (C=O) groups is 2. The molecule has 6 aromatic rings. The molecule has 6 heterocycles. The number of halogens is 2. The van der Waals surface area contributed by atoms with E-state index in [0.717, 1.165) is 66.5 Å². The molecule has 8 rings (SSSR count). The molecule has 0 aliphatic carbocycles. The van der Waals surface area contributed by atoms with Crippen LogP contribution in [-0.4, -0.2) is 52.5 Å². The van der Waals surface area contributed by atoms with Gasteiger partial charge in [-0.25, -0.2) is 0 Å². The van der Waals surface area contributed by atoms with E-state index in [0.29, 0.717) is 28.1 Å². The first-order valence-corrected chi connectivity index (χ1v) is 20.5. The Balaban J connectivity index is 1.02. The molecule has 0 saturated carbocycles. The van der Waals surface area contributed by atoms with Gasteiger partial charge >= 0.3 is 0 Å². The highest BCUT2D eigenvalue weighted by Gasteiger charge is 2.34. The van der Waals surface area contributed by atoms with Gasteiger partial charge in [-0.1, -0.05) is 47.5 Å². The van der Waals surface area contributed by atoms with Crippen molar-refractivity contribution in [3.63, 3.8) is 0 Å². The lowest BCUT2D eigenvalue weighted by atomic mass is 9.98. The number of rotatable bonds is 10. The molecule has 0 bridgehead atoms. The van der Waals surface area contributed by atoms with Gasteiger partial charge in [-0.15, -0.1) is 43.1 Å². The molecule has 2 aromatic carbocycles. The Morgan fingerprint density at radius 1 is 0.600 bits per heavy atom. The quantitative estimate of drug-likeness (QED) is 0.136. The number of thiophene rings is 2. The molecule has 0 radical (unpaired) electrons. The molecule has 2 aliphatic heterocycles. The molecule has 4 aromatic heterocycles. The van der Waals surface area contributed by atoms with Crippen LogP contribution in [0.4, 0.5) is 0 Å². The van der Waals surface area contributed by atoms with Crippen LogP contribution in [-0.2, 0) is 9.59 Å². The lowest BCUT2D eigenvalue weighted by Crippen LogP contribution is -2.13. The lowest BCUT2D eigenvalue weighted by molar-refractivity contribution is -0.120. The van der Waals surface area contributed by atoms with E-state index in [-0.39, 0.29) is 37.2 Å². The van der Waals surface area contributed by atoms with Crippen LogP contribution in [0.3, 0.4) is 0 Å². The minimum Gasteiger partial charge on any atom is -0.300 e.